The Morgan fingerprint density at radius 3 is 2.45 bits per heavy atom. The summed E-state index contributed by atoms with van der Waals surface area (Å²) in [5, 5.41) is 0.908. The van der Waals surface area contributed by atoms with Gasteiger partial charge < -0.3 is 24.0 Å². The van der Waals surface area contributed by atoms with Crippen LogP contribution in [-0.4, -0.2) is 66.5 Å². The average molecular weight is 402 g/mol. The molecule has 29 heavy (non-hydrogen) atoms. The smallest absolute Gasteiger partial charge is 0.410 e. The van der Waals surface area contributed by atoms with Crippen molar-refractivity contribution in [3.05, 3.63) is 18.5 Å². The van der Waals surface area contributed by atoms with Crippen molar-refractivity contribution in [3.8, 4) is 11.5 Å². The molecule has 8 heteroatoms. The summed E-state index contributed by atoms with van der Waals surface area (Å²) in [5.41, 5.74) is 0.302. The first-order valence-corrected chi connectivity index (χ1v) is 10.0. The van der Waals surface area contributed by atoms with Crippen LogP contribution < -0.4 is 14.4 Å². The van der Waals surface area contributed by atoms with E-state index in [1.807, 2.05) is 32.9 Å². The Bertz CT molecular complexity index is 858. The van der Waals surface area contributed by atoms with Crippen LogP contribution in [0.1, 0.15) is 34.1 Å². The number of carbonyl (C=O) groups is 1. The van der Waals surface area contributed by atoms with E-state index in [0.29, 0.717) is 44.3 Å². The molecular formula is C21H30N4O4. The zero-order chi connectivity index (χ0) is 21.0. The number of anilines is 1. The van der Waals surface area contributed by atoms with Crippen molar-refractivity contribution in [2.24, 2.45) is 0 Å². The Labute approximate surface area is 171 Å². The van der Waals surface area contributed by atoms with Crippen LogP contribution in [0.2, 0.25) is 0 Å². The molecule has 1 aromatic carbocycles. The summed E-state index contributed by atoms with van der Waals surface area (Å²) in [6.45, 7) is 10.8. The van der Waals surface area contributed by atoms with E-state index in [4.69, 9.17) is 14.2 Å². The van der Waals surface area contributed by atoms with E-state index in [1.54, 1.807) is 18.3 Å². The number of methoxy groups -OCH3 is 1. The van der Waals surface area contributed by atoms with Crippen LogP contribution in [0.5, 0.6) is 11.5 Å². The monoisotopic (exact) mass is 402 g/mol. The summed E-state index contributed by atoms with van der Waals surface area (Å²) < 4.78 is 16.8. The molecule has 1 aromatic heterocycles. The summed E-state index contributed by atoms with van der Waals surface area (Å²) in [4.78, 5) is 25.1. The number of hydrogen-bond donors (Lipinski definition) is 0. The third-order valence-electron chi connectivity index (χ3n) is 4.59. The van der Waals surface area contributed by atoms with Crippen molar-refractivity contribution in [2.45, 2.75) is 39.7 Å². The van der Waals surface area contributed by atoms with E-state index < -0.39 is 5.60 Å². The minimum absolute atomic E-state index is 0.273. The van der Waals surface area contributed by atoms with Crippen LogP contribution >= 0.6 is 0 Å². The Morgan fingerprint density at radius 1 is 1.10 bits per heavy atom. The van der Waals surface area contributed by atoms with Gasteiger partial charge in [-0.3, -0.25) is 0 Å². The van der Waals surface area contributed by atoms with E-state index in [-0.39, 0.29) is 6.09 Å². The highest BCUT2D eigenvalue weighted by Crippen LogP contribution is 2.35. The largest absolute Gasteiger partial charge is 0.493 e. The fourth-order valence-corrected chi connectivity index (χ4v) is 3.21. The van der Waals surface area contributed by atoms with Gasteiger partial charge in [-0.2, -0.15) is 0 Å². The van der Waals surface area contributed by atoms with Crippen molar-refractivity contribution in [1.29, 1.82) is 0 Å². The molecular weight excluding hydrogens is 372 g/mol. The Hall–Kier alpha value is -2.77. The molecule has 1 amide bonds. The molecule has 0 unspecified atom stereocenters. The second kappa shape index (κ2) is 8.71. The molecule has 0 radical (unpaired) electrons. The van der Waals surface area contributed by atoms with Crippen LogP contribution in [0, 0.1) is 0 Å². The van der Waals surface area contributed by atoms with E-state index >= 15 is 0 Å². The first-order chi connectivity index (χ1) is 13.8. The lowest BCUT2D eigenvalue weighted by atomic mass is 10.2. The zero-order valence-corrected chi connectivity index (χ0v) is 17.9. The number of fused-ring (bicyclic) bond motifs is 1. The maximum atomic E-state index is 12.3. The van der Waals surface area contributed by atoms with Crippen LogP contribution in [-0.2, 0) is 4.74 Å². The molecule has 1 saturated heterocycles. The summed E-state index contributed by atoms with van der Waals surface area (Å²) in [5.74, 6) is 2.18. The summed E-state index contributed by atoms with van der Waals surface area (Å²) in [6.07, 6.45) is 2.19. The third kappa shape index (κ3) is 4.99. The molecule has 0 aliphatic carbocycles. The molecule has 0 saturated carbocycles. The predicted molar refractivity (Wildman–Crippen MR) is 112 cm³/mol. The van der Waals surface area contributed by atoms with Gasteiger partial charge in [0.1, 0.15) is 17.7 Å². The van der Waals surface area contributed by atoms with Crippen molar-refractivity contribution in [1.82, 2.24) is 14.9 Å². The highest BCUT2D eigenvalue weighted by atomic mass is 16.6. The molecule has 2 aromatic rings. The number of hydrogen-bond acceptors (Lipinski definition) is 7. The summed E-state index contributed by atoms with van der Waals surface area (Å²) in [7, 11) is 1.62. The second-order valence-electron chi connectivity index (χ2n) is 8.02. The van der Waals surface area contributed by atoms with Gasteiger partial charge in [-0.15, -0.1) is 0 Å². The fourth-order valence-electron chi connectivity index (χ4n) is 3.21. The molecule has 1 aliphatic rings. The zero-order valence-electron chi connectivity index (χ0n) is 17.9. The highest BCUT2D eigenvalue weighted by molar-refractivity contribution is 5.92. The van der Waals surface area contributed by atoms with Gasteiger partial charge in [0.05, 0.1) is 19.2 Å². The molecule has 8 nitrogen and oxygen atoms in total. The van der Waals surface area contributed by atoms with E-state index in [2.05, 4.69) is 21.8 Å². The first-order valence-electron chi connectivity index (χ1n) is 10.0. The van der Waals surface area contributed by atoms with Crippen LogP contribution in [0.15, 0.2) is 18.5 Å². The van der Waals surface area contributed by atoms with Gasteiger partial charge in [0.25, 0.3) is 0 Å². The molecule has 0 spiro atoms. The van der Waals surface area contributed by atoms with Gasteiger partial charge in [-0.25, -0.2) is 14.8 Å². The quantitative estimate of drug-likeness (QED) is 0.758. The predicted octanol–water partition coefficient (Wildman–Crippen LogP) is 3.48. The number of benzene rings is 1. The summed E-state index contributed by atoms with van der Waals surface area (Å²) >= 11 is 0. The molecule has 158 valence electrons. The van der Waals surface area contributed by atoms with Gasteiger partial charge in [-0.1, -0.05) is 6.92 Å². The van der Waals surface area contributed by atoms with Crippen molar-refractivity contribution in [3.63, 3.8) is 0 Å². The van der Waals surface area contributed by atoms with Gasteiger partial charge in [0.15, 0.2) is 11.5 Å². The van der Waals surface area contributed by atoms with Crippen LogP contribution in [0.25, 0.3) is 10.9 Å². The number of carbonyl (C=O) groups excluding carboxylic acids is 1. The van der Waals surface area contributed by atoms with Crippen molar-refractivity contribution >= 4 is 22.8 Å². The number of piperazine rings is 1. The number of amides is 1. The second-order valence-corrected chi connectivity index (χ2v) is 8.02. The molecule has 0 atom stereocenters. The fraction of sp³-hybridized carbons (Fsp3) is 0.571. The maximum absolute atomic E-state index is 12.3. The molecule has 0 bridgehead atoms. The van der Waals surface area contributed by atoms with Gasteiger partial charge in [-0.05, 0) is 33.3 Å². The Balaban J connectivity index is 1.80. The van der Waals surface area contributed by atoms with Gasteiger partial charge in [0.2, 0.25) is 0 Å². The van der Waals surface area contributed by atoms with E-state index in [1.165, 1.54) is 0 Å². The Morgan fingerprint density at radius 2 is 1.83 bits per heavy atom. The lowest BCUT2D eigenvalue weighted by molar-refractivity contribution is 0.0240. The van der Waals surface area contributed by atoms with Crippen LogP contribution in [0.3, 0.4) is 0 Å². The standard InChI is InChI=1S/C21H30N4O4/c1-6-11-28-18-12-15-16(13-17(18)27-5)22-14-23-19(15)24-7-9-25(10-8-24)20(26)29-21(2,3)4/h12-14H,6-11H2,1-5H3. The minimum Gasteiger partial charge on any atom is -0.493 e. The molecule has 0 N–H and O–H groups in total. The van der Waals surface area contributed by atoms with E-state index in [0.717, 1.165) is 23.1 Å². The molecule has 1 fully saturated rings. The molecule has 2 heterocycles. The third-order valence-corrected chi connectivity index (χ3v) is 4.59. The molecule has 1 aliphatic heterocycles. The van der Waals surface area contributed by atoms with E-state index in [9.17, 15) is 4.79 Å². The molecule has 3 rings (SSSR count). The highest BCUT2D eigenvalue weighted by Gasteiger charge is 2.27. The van der Waals surface area contributed by atoms with Crippen LogP contribution in [0.4, 0.5) is 10.6 Å². The lowest BCUT2D eigenvalue weighted by Crippen LogP contribution is -2.50. The number of nitrogens with zero attached hydrogens (tertiary/aromatic N) is 4. The number of aromatic nitrogens is 2. The number of ether oxygens (including phenoxy) is 3. The average Bonchev–Trinajstić information content (AvgIpc) is 2.70. The normalized spacial score (nSPS) is 14.8. The topological polar surface area (TPSA) is 77.0 Å². The minimum atomic E-state index is -0.495. The van der Waals surface area contributed by atoms with Gasteiger partial charge >= 0.3 is 6.09 Å². The number of rotatable bonds is 5. The summed E-state index contributed by atoms with van der Waals surface area (Å²) in [6, 6.07) is 3.82. The SMILES string of the molecule is CCCOc1cc2c(N3CCN(C(=O)OC(C)(C)C)CC3)ncnc2cc1OC. The maximum Gasteiger partial charge on any atom is 0.410 e. The lowest BCUT2D eigenvalue weighted by Gasteiger charge is -2.36. The Kier molecular flexibility index (Phi) is 6.30. The van der Waals surface area contributed by atoms with Crippen molar-refractivity contribution < 1.29 is 19.0 Å². The van der Waals surface area contributed by atoms with Crippen molar-refractivity contribution in [2.75, 3.05) is 44.8 Å². The first kappa shape index (κ1) is 21.0. The van der Waals surface area contributed by atoms with Gasteiger partial charge in [0, 0.05) is 37.6 Å².